The number of likely N-dealkylation sites (tertiary alicyclic amines) is 1. The number of hydrazone groups is 1. The monoisotopic (exact) mass is 429 g/mol. The lowest BCUT2D eigenvalue weighted by Crippen LogP contribution is -2.49. The van der Waals surface area contributed by atoms with Crippen molar-refractivity contribution in [2.75, 3.05) is 13.1 Å². The van der Waals surface area contributed by atoms with Gasteiger partial charge in [-0.25, -0.2) is 23.0 Å². The van der Waals surface area contributed by atoms with Crippen molar-refractivity contribution in [3.63, 3.8) is 0 Å². The zero-order valence-corrected chi connectivity index (χ0v) is 15.9. The fourth-order valence-corrected chi connectivity index (χ4v) is 3.81. The van der Waals surface area contributed by atoms with Crippen LogP contribution in [0.15, 0.2) is 41.0 Å². The Morgan fingerprint density at radius 1 is 1.06 bits per heavy atom. The lowest BCUT2D eigenvalue weighted by molar-refractivity contribution is 0.136. The number of carbonyl (C=O) groups excluding carboxylic acids is 1. The number of hydrogen-bond acceptors (Lipinski definition) is 3. The second-order valence-electron chi connectivity index (χ2n) is 7.47. The summed E-state index contributed by atoms with van der Waals surface area (Å²) in [6.45, 7) is 0.508. The zero-order valence-electron chi connectivity index (χ0n) is 15.9. The number of rotatable bonds is 2. The van der Waals surface area contributed by atoms with Crippen LogP contribution >= 0.6 is 0 Å². The molecule has 0 radical (unpaired) electrons. The quantitative estimate of drug-likeness (QED) is 0.615. The molecule has 2 aliphatic rings. The van der Waals surface area contributed by atoms with E-state index in [4.69, 9.17) is 0 Å². The van der Waals surface area contributed by atoms with Crippen molar-refractivity contribution in [2.45, 2.75) is 12.5 Å². The van der Waals surface area contributed by atoms with Crippen LogP contribution in [0.2, 0.25) is 0 Å². The largest absolute Gasteiger partial charge is 0.341 e. The first-order valence-electron chi connectivity index (χ1n) is 9.48. The molecule has 2 aromatic carbocycles. The Hall–Kier alpha value is -3.69. The topological polar surface area (TPSA) is 64.6 Å². The zero-order chi connectivity index (χ0) is 21.7. The van der Waals surface area contributed by atoms with E-state index in [0.717, 1.165) is 17.7 Å². The van der Waals surface area contributed by atoms with Crippen LogP contribution in [0.5, 0.6) is 0 Å². The van der Waals surface area contributed by atoms with Crippen molar-refractivity contribution in [3.05, 3.63) is 70.4 Å². The van der Waals surface area contributed by atoms with Crippen LogP contribution in [0.1, 0.15) is 23.6 Å². The molecule has 5 rings (SSSR count). The van der Waals surface area contributed by atoms with Crippen LogP contribution in [0.4, 0.5) is 22.4 Å². The van der Waals surface area contributed by atoms with Crippen molar-refractivity contribution in [1.82, 2.24) is 20.1 Å². The Morgan fingerprint density at radius 3 is 2.55 bits per heavy atom. The van der Waals surface area contributed by atoms with E-state index in [1.807, 2.05) is 0 Å². The van der Waals surface area contributed by atoms with Crippen molar-refractivity contribution >= 4 is 29.2 Å². The SMILES string of the molecule is O=C(N1CC(=Cc2cc3[nH]nc(F)c3cc2F)C1)N1N=CC[C@H]1c1cc(F)cc(F)c1. The van der Waals surface area contributed by atoms with Gasteiger partial charge in [-0.15, -0.1) is 5.10 Å². The van der Waals surface area contributed by atoms with Gasteiger partial charge in [0.2, 0.25) is 5.95 Å². The van der Waals surface area contributed by atoms with Crippen LogP contribution in [-0.2, 0) is 0 Å². The predicted octanol–water partition coefficient (Wildman–Crippen LogP) is 4.37. The minimum absolute atomic E-state index is 0.0665. The molecule has 1 saturated heterocycles. The normalized spacial score (nSPS) is 18.1. The number of hydrogen-bond donors (Lipinski definition) is 1. The maximum atomic E-state index is 14.3. The second kappa shape index (κ2) is 7.22. The molecule has 6 nitrogen and oxygen atoms in total. The number of carbonyl (C=O) groups is 1. The number of aromatic amines is 1. The third-order valence-corrected chi connectivity index (χ3v) is 5.35. The Morgan fingerprint density at radius 2 is 1.81 bits per heavy atom. The molecule has 31 heavy (non-hydrogen) atoms. The van der Waals surface area contributed by atoms with E-state index in [2.05, 4.69) is 15.3 Å². The number of urea groups is 1. The number of nitrogens with zero attached hydrogens (tertiary/aromatic N) is 4. The molecular weight excluding hydrogens is 414 g/mol. The lowest BCUT2D eigenvalue weighted by atomic mass is 10.0. The molecule has 158 valence electrons. The molecule has 3 aromatic rings. The van der Waals surface area contributed by atoms with Gasteiger partial charge in [-0.2, -0.15) is 9.49 Å². The number of amides is 2. The number of nitrogens with one attached hydrogen (secondary N) is 1. The van der Waals surface area contributed by atoms with E-state index in [1.54, 1.807) is 6.08 Å². The predicted molar refractivity (Wildman–Crippen MR) is 105 cm³/mol. The van der Waals surface area contributed by atoms with Crippen LogP contribution in [0.25, 0.3) is 17.0 Å². The van der Waals surface area contributed by atoms with E-state index in [-0.39, 0.29) is 24.0 Å². The van der Waals surface area contributed by atoms with E-state index >= 15 is 0 Å². The number of fused-ring (bicyclic) bond motifs is 1. The van der Waals surface area contributed by atoms with Gasteiger partial charge in [0, 0.05) is 37.4 Å². The van der Waals surface area contributed by atoms with Crippen molar-refractivity contribution in [2.24, 2.45) is 5.10 Å². The van der Waals surface area contributed by atoms with E-state index < -0.39 is 35.5 Å². The lowest BCUT2D eigenvalue weighted by Gasteiger charge is -2.37. The highest BCUT2D eigenvalue weighted by Crippen LogP contribution is 2.32. The number of H-pyrrole nitrogens is 1. The van der Waals surface area contributed by atoms with Gasteiger partial charge in [0.05, 0.1) is 16.9 Å². The van der Waals surface area contributed by atoms with Gasteiger partial charge in [-0.3, -0.25) is 5.10 Å². The maximum absolute atomic E-state index is 14.3. The molecule has 0 bridgehead atoms. The molecule has 0 unspecified atom stereocenters. The number of aromatic nitrogens is 2. The molecule has 0 spiro atoms. The standard InChI is InChI=1S/C21H15F4N5O/c22-14-4-13(5-15(23)7-14)19-1-2-26-30(19)21(31)29-9-11(10-29)3-12-6-18-16(8-17(12)24)20(25)28-27-18/h2-8,19H,1,9-10H2,(H,27,28)/t19-/m0/s1. The molecule has 10 heteroatoms. The molecule has 0 saturated carbocycles. The van der Waals surface area contributed by atoms with Gasteiger partial charge in [0.25, 0.3) is 0 Å². The van der Waals surface area contributed by atoms with Gasteiger partial charge >= 0.3 is 6.03 Å². The Labute approximate surface area is 173 Å². The summed E-state index contributed by atoms with van der Waals surface area (Å²) < 4.78 is 54.9. The van der Waals surface area contributed by atoms with Gasteiger partial charge < -0.3 is 4.90 Å². The van der Waals surface area contributed by atoms with Crippen molar-refractivity contribution in [1.29, 1.82) is 0 Å². The molecule has 1 fully saturated rings. The minimum Gasteiger partial charge on any atom is -0.315 e. The average molecular weight is 429 g/mol. The summed E-state index contributed by atoms with van der Waals surface area (Å²) in [4.78, 5) is 14.3. The smallest absolute Gasteiger partial charge is 0.315 e. The third kappa shape index (κ3) is 3.43. The second-order valence-corrected chi connectivity index (χ2v) is 7.47. The first-order valence-corrected chi connectivity index (χ1v) is 9.48. The van der Waals surface area contributed by atoms with E-state index in [0.29, 0.717) is 17.5 Å². The third-order valence-electron chi connectivity index (χ3n) is 5.35. The Balaban J connectivity index is 1.30. The highest BCUT2D eigenvalue weighted by Gasteiger charge is 2.35. The molecule has 1 aromatic heterocycles. The minimum atomic E-state index is -0.771. The average Bonchev–Trinajstić information content (AvgIpc) is 3.31. The fourth-order valence-electron chi connectivity index (χ4n) is 3.81. The fraction of sp³-hybridized carbons (Fsp3) is 0.190. The van der Waals surface area contributed by atoms with Crippen LogP contribution < -0.4 is 0 Å². The van der Waals surface area contributed by atoms with Gasteiger partial charge in [-0.05, 0) is 41.5 Å². The summed E-state index contributed by atoms with van der Waals surface area (Å²) >= 11 is 0. The Bertz CT molecular complexity index is 1240. The summed E-state index contributed by atoms with van der Waals surface area (Å²) in [5, 5.41) is 11.2. The summed E-state index contributed by atoms with van der Waals surface area (Å²) in [7, 11) is 0. The van der Waals surface area contributed by atoms with Crippen molar-refractivity contribution in [3.8, 4) is 0 Å². The molecule has 3 heterocycles. The van der Waals surface area contributed by atoms with E-state index in [1.165, 1.54) is 34.3 Å². The first-order chi connectivity index (χ1) is 14.9. The maximum Gasteiger partial charge on any atom is 0.341 e. The highest BCUT2D eigenvalue weighted by molar-refractivity contribution is 5.83. The summed E-state index contributed by atoms with van der Waals surface area (Å²) in [6.07, 6.45) is 3.47. The highest BCUT2D eigenvalue weighted by atomic mass is 19.1. The molecule has 0 aliphatic carbocycles. The molecule has 2 aliphatic heterocycles. The number of halogens is 4. The van der Waals surface area contributed by atoms with Gasteiger partial charge in [-0.1, -0.05) is 0 Å². The van der Waals surface area contributed by atoms with Gasteiger partial charge in [0.15, 0.2) is 0 Å². The number of benzene rings is 2. The summed E-state index contributed by atoms with van der Waals surface area (Å²) in [6, 6.07) is 4.66. The molecule has 1 N–H and O–H groups in total. The molecule has 1 atom stereocenters. The van der Waals surface area contributed by atoms with Crippen LogP contribution in [0.3, 0.4) is 0 Å². The molecule has 2 amide bonds. The Kier molecular flexibility index (Phi) is 4.49. The van der Waals surface area contributed by atoms with E-state index in [9.17, 15) is 22.4 Å². The summed E-state index contributed by atoms with van der Waals surface area (Å²) in [5.74, 6) is -2.81. The van der Waals surface area contributed by atoms with Crippen LogP contribution in [-0.4, -0.2) is 45.4 Å². The van der Waals surface area contributed by atoms with Gasteiger partial charge in [0.1, 0.15) is 17.5 Å². The first kappa shape index (κ1) is 19.3. The van der Waals surface area contributed by atoms with Crippen molar-refractivity contribution < 1.29 is 22.4 Å². The van der Waals surface area contributed by atoms with Crippen LogP contribution in [0, 0.1) is 23.4 Å². The molecular formula is C21H15F4N5O. The summed E-state index contributed by atoms with van der Waals surface area (Å²) in [5.41, 5.74) is 1.74.